The second kappa shape index (κ2) is 9.89. The molecule has 0 bridgehead atoms. The van der Waals surface area contributed by atoms with Crippen molar-refractivity contribution in [2.75, 3.05) is 41.5 Å². The van der Waals surface area contributed by atoms with Crippen LogP contribution >= 0.6 is 0 Å². The van der Waals surface area contributed by atoms with E-state index in [4.69, 9.17) is 18.9 Å². The Balaban J connectivity index is 1.83. The van der Waals surface area contributed by atoms with Crippen molar-refractivity contribution in [3.63, 3.8) is 0 Å². The maximum Gasteiger partial charge on any atom is 0.127 e. The molecule has 0 amide bonds. The molecule has 0 saturated heterocycles. The minimum atomic E-state index is -0.605. The molecule has 0 aromatic heterocycles. The van der Waals surface area contributed by atoms with Crippen molar-refractivity contribution in [1.29, 1.82) is 0 Å². The first-order valence-electron chi connectivity index (χ1n) is 8.40. The van der Waals surface area contributed by atoms with Gasteiger partial charge in [0.15, 0.2) is 0 Å². The maximum atomic E-state index is 10.2. The van der Waals surface area contributed by atoms with Crippen LogP contribution < -0.4 is 18.9 Å². The van der Waals surface area contributed by atoms with E-state index in [0.717, 1.165) is 22.8 Å². The minimum absolute atomic E-state index is 0.219. The second-order valence-electron chi connectivity index (χ2n) is 6.01. The quantitative estimate of drug-likeness (QED) is 0.702. The molecule has 0 aliphatic carbocycles. The Morgan fingerprint density at radius 2 is 1.50 bits per heavy atom. The smallest absolute Gasteiger partial charge is 0.127 e. The zero-order valence-electron chi connectivity index (χ0n) is 15.8. The highest BCUT2D eigenvalue weighted by molar-refractivity contribution is 5.40. The van der Waals surface area contributed by atoms with Crippen LogP contribution in [-0.4, -0.2) is 57.6 Å². The molecule has 142 valence electrons. The van der Waals surface area contributed by atoms with Gasteiger partial charge in [-0.3, -0.25) is 4.90 Å². The number of ether oxygens (including phenoxy) is 4. The summed E-state index contributed by atoms with van der Waals surface area (Å²) in [5.41, 5.74) is 1.03. The van der Waals surface area contributed by atoms with Gasteiger partial charge in [0, 0.05) is 24.7 Å². The third kappa shape index (κ3) is 5.82. The highest BCUT2D eigenvalue weighted by Gasteiger charge is 2.12. The molecular weight excluding hydrogens is 334 g/mol. The van der Waals surface area contributed by atoms with Crippen LogP contribution in [0.5, 0.6) is 23.0 Å². The first-order valence-corrected chi connectivity index (χ1v) is 8.40. The summed E-state index contributed by atoms with van der Waals surface area (Å²) in [6.07, 6.45) is -0.605. The molecule has 0 fully saturated rings. The Hall–Kier alpha value is -2.44. The molecule has 6 nitrogen and oxygen atoms in total. The van der Waals surface area contributed by atoms with Gasteiger partial charge in [-0.1, -0.05) is 6.07 Å². The topological polar surface area (TPSA) is 60.4 Å². The Labute approximate surface area is 154 Å². The summed E-state index contributed by atoms with van der Waals surface area (Å²) in [5.74, 6) is 2.98. The largest absolute Gasteiger partial charge is 0.497 e. The third-order valence-corrected chi connectivity index (χ3v) is 3.96. The molecule has 0 saturated carbocycles. The van der Waals surface area contributed by atoms with Gasteiger partial charge in [-0.25, -0.2) is 0 Å². The molecule has 2 aromatic rings. The number of benzene rings is 2. The Morgan fingerprint density at radius 1 is 0.885 bits per heavy atom. The van der Waals surface area contributed by atoms with Gasteiger partial charge < -0.3 is 24.1 Å². The fourth-order valence-corrected chi connectivity index (χ4v) is 2.61. The van der Waals surface area contributed by atoms with Crippen LogP contribution in [0.2, 0.25) is 0 Å². The number of hydrogen-bond donors (Lipinski definition) is 1. The molecule has 0 spiro atoms. The van der Waals surface area contributed by atoms with Crippen LogP contribution in [0.3, 0.4) is 0 Å². The predicted molar refractivity (Wildman–Crippen MR) is 100 cm³/mol. The summed E-state index contributed by atoms with van der Waals surface area (Å²) in [6.45, 7) is 1.34. The van der Waals surface area contributed by atoms with E-state index in [2.05, 4.69) is 0 Å². The minimum Gasteiger partial charge on any atom is -0.497 e. The Kier molecular flexibility index (Phi) is 7.56. The van der Waals surface area contributed by atoms with Crippen LogP contribution in [0.25, 0.3) is 0 Å². The number of rotatable bonds is 10. The van der Waals surface area contributed by atoms with E-state index in [1.807, 2.05) is 54.4 Å². The summed E-state index contributed by atoms with van der Waals surface area (Å²) in [5, 5.41) is 10.2. The van der Waals surface area contributed by atoms with Gasteiger partial charge in [0.05, 0.1) is 21.3 Å². The van der Waals surface area contributed by atoms with Gasteiger partial charge in [0.25, 0.3) is 0 Å². The molecule has 2 rings (SSSR count). The molecule has 0 heterocycles. The van der Waals surface area contributed by atoms with Crippen molar-refractivity contribution in [2.24, 2.45) is 0 Å². The number of methoxy groups -OCH3 is 3. The predicted octanol–water partition coefficient (Wildman–Crippen LogP) is 2.58. The van der Waals surface area contributed by atoms with Gasteiger partial charge in [0.1, 0.15) is 35.7 Å². The second-order valence-corrected chi connectivity index (χ2v) is 6.01. The number of likely N-dealkylation sites (N-methyl/N-ethyl adjacent to an activating group) is 1. The Morgan fingerprint density at radius 3 is 2.12 bits per heavy atom. The summed E-state index contributed by atoms with van der Waals surface area (Å²) < 4.78 is 21.4. The maximum absolute atomic E-state index is 10.2. The van der Waals surface area contributed by atoms with Crippen molar-refractivity contribution in [3.05, 3.63) is 48.0 Å². The van der Waals surface area contributed by atoms with Crippen molar-refractivity contribution in [3.8, 4) is 23.0 Å². The fourth-order valence-electron chi connectivity index (χ4n) is 2.61. The van der Waals surface area contributed by atoms with Gasteiger partial charge >= 0.3 is 0 Å². The van der Waals surface area contributed by atoms with E-state index in [0.29, 0.717) is 18.8 Å². The summed E-state index contributed by atoms with van der Waals surface area (Å²) in [6, 6.07) is 13.0. The van der Waals surface area contributed by atoms with E-state index < -0.39 is 6.10 Å². The third-order valence-electron chi connectivity index (χ3n) is 3.96. The first kappa shape index (κ1) is 19.9. The average molecular weight is 361 g/mol. The number of hydrogen-bond acceptors (Lipinski definition) is 6. The Bertz CT molecular complexity index is 674. The van der Waals surface area contributed by atoms with E-state index in [1.54, 1.807) is 21.3 Å². The number of nitrogens with zero attached hydrogens (tertiary/aromatic N) is 1. The molecule has 2 aromatic carbocycles. The SMILES string of the molecule is COc1ccc(OCC(O)CN(C)Cc2ccc(OC)cc2OC)cc1. The zero-order chi connectivity index (χ0) is 18.9. The van der Waals surface area contributed by atoms with Crippen molar-refractivity contribution < 1.29 is 24.1 Å². The lowest BCUT2D eigenvalue weighted by Crippen LogP contribution is -2.32. The molecule has 26 heavy (non-hydrogen) atoms. The van der Waals surface area contributed by atoms with Crippen LogP contribution in [0.1, 0.15) is 5.56 Å². The van der Waals surface area contributed by atoms with Crippen LogP contribution in [0.15, 0.2) is 42.5 Å². The highest BCUT2D eigenvalue weighted by Crippen LogP contribution is 2.25. The number of aliphatic hydroxyl groups excluding tert-OH is 1. The van der Waals surface area contributed by atoms with Crippen molar-refractivity contribution in [1.82, 2.24) is 4.90 Å². The lowest BCUT2D eigenvalue weighted by atomic mass is 10.1. The number of aliphatic hydroxyl groups is 1. The zero-order valence-corrected chi connectivity index (χ0v) is 15.8. The monoisotopic (exact) mass is 361 g/mol. The standard InChI is InChI=1S/C20H27NO5/c1-21(12-15-5-6-19(24-3)11-20(15)25-4)13-16(22)14-26-18-9-7-17(23-2)8-10-18/h5-11,16,22H,12-14H2,1-4H3. The molecular formula is C20H27NO5. The van der Waals surface area contributed by atoms with E-state index in [-0.39, 0.29) is 6.61 Å². The van der Waals surface area contributed by atoms with E-state index in [1.165, 1.54) is 0 Å². The average Bonchev–Trinajstić information content (AvgIpc) is 2.67. The summed E-state index contributed by atoms with van der Waals surface area (Å²) in [7, 11) is 6.82. The molecule has 1 unspecified atom stereocenters. The molecule has 6 heteroatoms. The molecule has 0 aliphatic heterocycles. The highest BCUT2D eigenvalue weighted by atomic mass is 16.5. The molecule has 0 radical (unpaired) electrons. The van der Waals surface area contributed by atoms with Crippen LogP contribution in [0, 0.1) is 0 Å². The fraction of sp³-hybridized carbons (Fsp3) is 0.400. The van der Waals surface area contributed by atoms with Crippen LogP contribution in [-0.2, 0) is 6.54 Å². The molecule has 1 N–H and O–H groups in total. The first-order chi connectivity index (χ1) is 12.5. The summed E-state index contributed by atoms with van der Waals surface area (Å²) >= 11 is 0. The van der Waals surface area contributed by atoms with Crippen molar-refractivity contribution >= 4 is 0 Å². The normalized spacial score (nSPS) is 11.9. The van der Waals surface area contributed by atoms with Crippen LogP contribution in [0.4, 0.5) is 0 Å². The van der Waals surface area contributed by atoms with E-state index >= 15 is 0 Å². The van der Waals surface area contributed by atoms with Gasteiger partial charge in [-0.2, -0.15) is 0 Å². The summed E-state index contributed by atoms with van der Waals surface area (Å²) in [4.78, 5) is 2.02. The lowest BCUT2D eigenvalue weighted by Gasteiger charge is -2.22. The molecule has 1 atom stereocenters. The lowest BCUT2D eigenvalue weighted by molar-refractivity contribution is 0.0741. The van der Waals surface area contributed by atoms with Crippen molar-refractivity contribution in [2.45, 2.75) is 12.6 Å². The van der Waals surface area contributed by atoms with Gasteiger partial charge in [0.2, 0.25) is 0 Å². The van der Waals surface area contributed by atoms with Gasteiger partial charge in [-0.15, -0.1) is 0 Å². The van der Waals surface area contributed by atoms with E-state index in [9.17, 15) is 5.11 Å². The molecule has 0 aliphatic rings. The van der Waals surface area contributed by atoms with Gasteiger partial charge in [-0.05, 0) is 37.4 Å².